The fourth-order valence-electron chi connectivity index (χ4n) is 4.58. The van der Waals surface area contributed by atoms with Gasteiger partial charge in [-0.25, -0.2) is 15.0 Å². The minimum absolute atomic E-state index is 0.277. The number of nitrogens with one attached hydrogen (secondary N) is 3. The molecule has 41 heavy (non-hydrogen) atoms. The number of hydrazine groups is 2. The van der Waals surface area contributed by atoms with E-state index < -0.39 is 11.6 Å². The fraction of sp³-hybridized carbons (Fsp3) is 0.0690. The van der Waals surface area contributed by atoms with Gasteiger partial charge in [-0.1, -0.05) is 53.5 Å². The van der Waals surface area contributed by atoms with Crippen LogP contribution in [0, 0.1) is 0 Å². The maximum Gasteiger partial charge on any atom is 0.254 e. The van der Waals surface area contributed by atoms with Crippen LogP contribution in [0.2, 0.25) is 5.02 Å². The molecule has 6 rings (SSSR count). The number of aromatic nitrogens is 4. The van der Waals surface area contributed by atoms with Crippen LogP contribution in [0.15, 0.2) is 108 Å². The molecule has 0 fully saturated rings. The zero-order chi connectivity index (χ0) is 28.3. The molecule has 1 atom stereocenters. The van der Waals surface area contributed by atoms with Gasteiger partial charge in [-0.15, -0.1) is 5.53 Å². The Morgan fingerprint density at radius 3 is 2.63 bits per heavy atom. The lowest BCUT2D eigenvalue weighted by molar-refractivity contribution is -0.119. The van der Waals surface area contributed by atoms with Crippen molar-refractivity contribution in [3.05, 3.63) is 124 Å². The van der Waals surface area contributed by atoms with Crippen molar-refractivity contribution in [3.8, 4) is 11.3 Å². The third kappa shape index (κ3) is 5.75. The Kier molecular flexibility index (Phi) is 7.34. The molecule has 204 valence electrons. The molecule has 0 bridgehead atoms. The summed E-state index contributed by atoms with van der Waals surface area (Å²) in [6.45, 7) is 0. The maximum atomic E-state index is 13.7. The number of nitrogens with zero attached hydrogens (tertiary/aromatic N) is 5. The number of hydrogen-bond acceptors (Lipinski definition) is 8. The van der Waals surface area contributed by atoms with Gasteiger partial charge in [0, 0.05) is 40.3 Å². The molecule has 1 aliphatic rings. The van der Waals surface area contributed by atoms with Gasteiger partial charge in [0.05, 0.1) is 29.4 Å². The van der Waals surface area contributed by atoms with Crippen LogP contribution in [0.25, 0.3) is 22.2 Å². The summed E-state index contributed by atoms with van der Waals surface area (Å²) in [6, 6.07) is 20.6. The van der Waals surface area contributed by atoms with Crippen molar-refractivity contribution in [2.45, 2.75) is 12.5 Å². The highest BCUT2D eigenvalue weighted by atomic mass is 35.5. The second kappa shape index (κ2) is 11.4. The van der Waals surface area contributed by atoms with Gasteiger partial charge in [0.2, 0.25) is 5.91 Å². The van der Waals surface area contributed by atoms with Crippen molar-refractivity contribution in [2.24, 2.45) is 0 Å². The number of fused-ring (bicyclic) bond motifs is 1. The third-order valence-corrected chi connectivity index (χ3v) is 6.98. The van der Waals surface area contributed by atoms with Crippen LogP contribution in [0.5, 0.6) is 0 Å². The van der Waals surface area contributed by atoms with Crippen molar-refractivity contribution in [3.63, 3.8) is 0 Å². The molecule has 1 amide bonds. The number of rotatable bonds is 7. The lowest BCUT2D eigenvalue weighted by atomic mass is 10.0. The molecule has 0 saturated carbocycles. The smallest absolute Gasteiger partial charge is 0.254 e. The molecule has 3 heterocycles. The predicted molar refractivity (Wildman–Crippen MR) is 159 cm³/mol. The number of hydrogen-bond donors (Lipinski definition) is 3. The lowest BCUT2D eigenvalue weighted by Gasteiger charge is -2.21. The number of carbonyl (C=O) groups excluding carboxylic acids is 1. The van der Waals surface area contributed by atoms with E-state index in [4.69, 9.17) is 23.2 Å². The molecule has 1 aliphatic heterocycles. The molecule has 0 unspecified atom stereocenters. The monoisotopic (exact) mass is 584 g/mol. The van der Waals surface area contributed by atoms with Crippen molar-refractivity contribution >= 4 is 51.4 Å². The highest BCUT2D eigenvalue weighted by molar-refractivity contribution is 6.31. The number of carbonyl (C=O) groups is 1. The Labute approximate surface area is 244 Å². The lowest BCUT2D eigenvalue weighted by Crippen LogP contribution is -2.36. The highest BCUT2D eigenvalue weighted by Crippen LogP contribution is 2.32. The largest absolute Gasteiger partial charge is 0.324 e. The zero-order valence-corrected chi connectivity index (χ0v) is 22.8. The summed E-state index contributed by atoms with van der Waals surface area (Å²) < 4.78 is 1.34. The van der Waals surface area contributed by atoms with Crippen molar-refractivity contribution in [1.29, 1.82) is 0 Å². The van der Waals surface area contributed by atoms with Gasteiger partial charge in [0.15, 0.2) is 0 Å². The molecule has 0 saturated heterocycles. The SMILES string of the molecule is O=C(Nc1ccc2ncncc2c1)[C@H](Cc1ccccc1)n1cnc(-c2cc(Cl)ccc2N2C=C(Cl)NN2)cc1=O. The van der Waals surface area contributed by atoms with Gasteiger partial charge in [0.1, 0.15) is 17.5 Å². The molecule has 0 spiro atoms. The van der Waals surface area contributed by atoms with E-state index in [0.29, 0.717) is 32.8 Å². The predicted octanol–water partition coefficient (Wildman–Crippen LogP) is 4.80. The van der Waals surface area contributed by atoms with Crippen LogP contribution in [0.4, 0.5) is 11.4 Å². The van der Waals surface area contributed by atoms with Gasteiger partial charge in [-0.05, 0) is 42.0 Å². The van der Waals surface area contributed by atoms with E-state index in [1.807, 2.05) is 30.3 Å². The molecular formula is C29H22Cl2N8O2. The van der Waals surface area contributed by atoms with Crippen LogP contribution >= 0.6 is 23.2 Å². The molecule has 12 heteroatoms. The third-order valence-electron chi connectivity index (χ3n) is 6.55. The Morgan fingerprint density at radius 2 is 1.85 bits per heavy atom. The summed E-state index contributed by atoms with van der Waals surface area (Å²) in [5, 5.41) is 6.24. The molecule has 0 radical (unpaired) electrons. The van der Waals surface area contributed by atoms with Gasteiger partial charge in [-0.3, -0.25) is 24.6 Å². The molecule has 0 aliphatic carbocycles. The van der Waals surface area contributed by atoms with Crippen LogP contribution in [0.3, 0.4) is 0 Å². The summed E-state index contributed by atoms with van der Waals surface area (Å²) in [5.41, 5.74) is 9.18. The highest BCUT2D eigenvalue weighted by Gasteiger charge is 2.24. The van der Waals surface area contributed by atoms with Crippen molar-refractivity contribution in [1.82, 2.24) is 30.5 Å². The standard InChI is InChI=1S/C29H22Cl2N8O2/c30-20-6-9-25(39-15-27(31)36-37-39)22(12-20)24-13-28(40)38(17-34-24)26(10-18-4-2-1-3-5-18)29(41)35-21-7-8-23-19(11-21)14-32-16-33-23/h1-9,11-17,26,36-37H,10H2,(H,35,41)/t26-/m0/s1. The summed E-state index contributed by atoms with van der Waals surface area (Å²) in [6.07, 6.45) is 6.46. The van der Waals surface area contributed by atoms with Gasteiger partial charge < -0.3 is 5.32 Å². The number of halogens is 2. The first-order chi connectivity index (χ1) is 19.9. The summed E-state index contributed by atoms with van der Waals surface area (Å²) >= 11 is 12.4. The first kappa shape index (κ1) is 26.5. The van der Waals surface area contributed by atoms with E-state index in [0.717, 1.165) is 16.5 Å². The van der Waals surface area contributed by atoms with E-state index >= 15 is 0 Å². The van der Waals surface area contributed by atoms with E-state index in [2.05, 4.69) is 31.2 Å². The van der Waals surface area contributed by atoms with E-state index in [9.17, 15) is 9.59 Å². The van der Waals surface area contributed by atoms with E-state index in [1.165, 1.54) is 23.3 Å². The Hall–Kier alpha value is -4.77. The molecule has 3 N–H and O–H groups in total. The molecule has 2 aromatic heterocycles. The van der Waals surface area contributed by atoms with Crippen molar-refractivity contribution in [2.75, 3.05) is 10.3 Å². The Bertz CT molecular complexity index is 1840. The summed E-state index contributed by atoms with van der Waals surface area (Å²) in [4.78, 5) is 40.1. The average molecular weight is 585 g/mol. The fourth-order valence-corrected chi connectivity index (χ4v) is 4.89. The Balaban J connectivity index is 1.35. The molecule has 3 aromatic carbocycles. The van der Waals surface area contributed by atoms with Crippen molar-refractivity contribution < 1.29 is 4.79 Å². The number of amides is 1. The maximum absolute atomic E-state index is 13.7. The minimum Gasteiger partial charge on any atom is -0.324 e. The quantitative estimate of drug-likeness (QED) is 0.234. The van der Waals surface area contributed by atoms with Gasteiger partial charge in [-0.2, -0.15) is 0 Å². The molecule has 10 nitrogen and oxygen atoms in total. The summed E-state index contributed by atoms with van der Waals surface area (Å²) in [7, 11) is 0. The second-order valence-electron chi connectivity index (χ2n) is 9.26. The average Bonchev–Trinajstić information content (AvgIpc) is 3.42. The van der Waals surface area contributed by atoms with Crippen LogP contribution in [0.1, 0.15) is 11.6 Å². The Morgan fingerprint density at radius 1 is 1.00 bits per heavy atom. The van der Waals surface area contributed by atoms with Crippen LogP contribution < -0.4 is 26.8 Å². The second-order valence-corrected chi connectivity index (χ2v) is 10.1. The zero-order valence-electron chi connectivity index (χ0n) is 21.3. The van der Waals surface area contributed by atoms with Gasteiger partial charge in [0.25, 0.3) is 5.56 Å². The molecule has 5 aromatic rings. The van der Waals surface area contributed by atoms with Crippen LogP contribution in [-0.4, -0.2) is 25.4 Å². The minimum atomic E-state index is -0.876. The summed E-state index contributed by atoms with van der Waals surface area (Å²) in [5.74, 6) is -0.364. The van der Waals surface area contributed by atoms with E-state index in [1.54, 1.807) is 53.8 Å². The topological polar surface area (TPSA) is 117 Å². The van der Waals surface area contributed by atoms with E-state index in [-0.39, 0.29) is 12.3 Å². The normalized spacial score (nSPS) is 13.5. The number of anilines is 2. The first-order valence-electron chi connectivity index (χ1n) is 12.6. The molecular weight excluding hydrogens is 563 g/mol. The van der Waals surface area contributed by atoms with Gasteiger partial charge >= 0.3 is 0 Å². The number of benzene rings is 3. The first-order valence-corrected chi connectivity index (χ1v) is 13.3. The van der Waals surface area contributed by atoms with Crippen LogP contribution in [-0.2, 0) is 11.2 Å².